The van der Waals surface area contributed by atoms with Crippen LogP contribution in [-0.2, 0) is 4.74 Å². The van der Waals surface area contributed by atoms with Crippen LogP contribution in [0.5, 0.6) is 0 Å². The van der Waals surface area contributed by atoms with Gasteiger partial charge in [0.05, 0.1) is 11.7 Å². The van der Waals surface area contributed by atoms with Gasteiger partial charge in [-0.05, 0) is 28.1 Å². The van der Waals surface area contributed by atoms with Gasteiger partial charge in [0.25, 0.3) is 5.91 Å². The third-order valence-electron chi connectivity index (χ3n) is 2.57. The van der Waals surface area contributed by atoms with E-state index in [0.29, 0.717) is 18.7 Å². The number of carbonyl (C=O) groups excluding carboxylic acids is 1. The quantitative estimate of drug-likeness (QED) is 0.821. The van der Waals surface area contributed by atoms with Crippen molar-refractivity contribution in [2.75, 3.05) is 20.2 Å². The Bertz CT molecular complexity index is 375. The van der Waals surface area contributed by atoms with Gasteiger partial charge in [0.15, 0.2) is 0 Å². The van der Waals surface area contributed by atoms with Crippen molar-refractivity contribution in [2.45, 2.75) is 6.10 Å². The molecule has 3 nitrogen and oxygen atoms in total. The van der Waals surface area contributed by atoms with Crippen LogP contribution in [0.3, 0.4) is 0 Å². The molecule has 4 heteroatoms. The highest BCUT2D eigenvalue weighted by Crippen LogP contribution is 2.21. The summed E-state index contributed by atoms with van der Waals surface area (Å²) in [7, 11) is 1.67. The maximum absolute atomic E-state index is 11.9. The molecule has 1 saturated heterocycles. The average molecular weight is 270 g/mol. The Morgan fingerprint density at radius 3 is 2.73 bits per heavy atom. The Hall–Kier alpha value is -0.870. The predicted octanol–water partition coefficient (Wildman–Crippen LogP) is 1.92. The Labute approximate surface area is 97.2 Å². The summed E-state index contributed by atoms with van der Waals surface area (Å²) in [6.45, 7) is 1.38. The molecule has 80 valence electrons. The van der Waals surface area contributed by atoms with E-state index in [1.54, 1.807) is 12.0 Å². The van der Waals surface area contributed by atoms with Gasteiger partial charge in [-0.1, -0.05) is 12.1 Å². The van der Waals surface area contributed by atoms with Crippen LogP contribution in [0.1, 0.15) is 10.4 Å². The van der Waals surface area contributed by atoms with Crippen LogP contribution in [0.2, 0.25) is 0 Å². The number of likely N-dealkylation sites (tertiary alicyclic amines) is 1. The molecule has 1 aromatic rings. The first-order chi connectivity index (χ1) is 7.22. The fraction of sp³-hybridized carbons (Fsp3) is 0.364. The first-order valence-corrected chi connectivity index (χ1v) is 5.58. The molecule has 0 N–H and O–H groups in total. The normalized spacial score (nSPS) is 16.3. The van der Waals surface area contributed by atoms with Gasteiger partial charge in [0.2, 0.25) is 0 Å². The van der Waals surface area contributed by atoms with Crippen LogP contribution >= 0.6 is 15.9 Å². The number of hydrogen-bond donors (Lipinski definition) is 0. The van der Waals surface area contributed by atoms with E-state index in [1.165, 1.54) is 0 Å². The largest absolute Gasteiger partial charge is 0.378 e. The second-order valence-corrected chi connectivity index (χ2v) is 4.40. The topological polar surface area (TPSA) is 29.5 Å². The lowest BCUT2D eigenvalue weighted by Gasteiger charge is -2.38. The third-order valence-corrected chi connectivity index (χ3v) is 3.26. The van der Waals surface area contributed by atoms with Crippen LogP contribution in [0, 0.1) is 0 Å². The maximum Gasteiger partial charge on any atom is 0.255 e. The first kappa shape index (κ1) is 10.6. The number of nitrogens with zero attached hydrogens (tertiary/aromatic N) is 1. The molecule has 1 fully saturated rings. The van der Waals surface area contributed by atoms with E-state index in [9.17, 15) is 4.79 Å². The number of halogens is 1. The minimum atomic E-state index is 0.0655. The van der Waals surface area contributed by atoms with Crippen molar-refractivity contribution in [1.29, 1.82) is 0 Å². The standard InChI is InChI=1S/C11H12BrNO2/c1-15-8-6-13(7-8)11(14)9-4-2-3-5-10(9)12/h2-5,8H,6-7H2,1H3. The minimum absolute atomic E-state index is 0.0655. The third kappa shape index (κ3) is 2.06. The van der Waals surface area contributed by atoms with Crippen molar-refractivity contribution in [2.24, 2.45) is 0 Å². The number of carbonyl (C=O) groups is 1. The SMILES string of the molecule is COC1CN(C(=O)c2ccccc2Br)C1. The van der Waals surface area contributed by atoms with Crippen molar-refractivity contribution >= 4 is 21.8 Å². The van der Waals surface area contributed by atoms with E-state index in [0.717, 1.165) is 4.47 Å². The smallest absolute Gasteiger partial charge is 0.255 e. The molecular weight excluding hydrogens is 258 g/mol. The van der Waals surface area contributed by atoms with Crippen LogP contribution in [0.25, 0.3) is 0 Å². The van der Waals surface area contributed by atoms with Crippen molar-refractivity contribution in [1.82, 2.24) is 4.90 Å². The van der Waals surface area contributed by atoms with Crippen molar-refractivity contribution < 1.29 is 9.53 Å². The summed E-state index contributed by atoms with van der Waals surface area (Å²) in [5.41, 5.74) is 0.715. The zero-order valence-electron chi connectivity index (χ0n) is 8.44. The molecule has 0 bridgehead atoms. The van der Waals surface area contributed by atoms with Crippen LogP contribution < -0.4 is 0 Å². The zero-order chi connectivity index (χ0) is 10.8. The molecule has 2 rings (SSSR count). The minimum Gasteiger partial charge on any atom is -0.378 e. The fourth-order valence-electron chi connectivity index (χ4n) is 1.56. The van der Waals surface area contributed by atoms with Gasteiger partial charge in [0, 0.05) is 24.7 Å². The maximum atomic E-state index is 11.9. The molecule has 0 radical (unpaired) electrons. The van der Waals surface area contributed by atoms with Gasteiger partial charge < -0.3 is 9.64 Å². The molecule has 0 aliphatic carbocycles. The summed E-state index contributed by atoms with van der Waals surface area (Å²) in [6.07, 6.45) is 0.205. The van der Waals surface area contributed by atoms with E-state index in [-0.39, 0.29) is 12.0 Å². The van der Waals surface area contributed by atoms with E-state index < -0.39 is 0 Å². The summed E-state index contributed by atoms with van der Waals surface area (Å²) in [5, 5.41) is 0. The molecule has 0 unspecified atom stereocenters. The molecule has 0 atom stereocenters. The number of amides is 1. The summed E-state index contributed by atoms with van der Waals surface area (Å²) >= 11 is 3.37. The lowest BCUT2D eigenvalue weighted by Crippen LogP contribution is -2.54. The Balaban J connectivity index is 2.07. The lowest BCUT2D eigenvalue weighted by atomic mass is 10.1. The number of methoxy groups -OCH3 is 1. The monoisotopic (exact) mass is 269 g/mol. The van der Waals surface area contributed by atoms with Crippen LogP contribution in [0.4, 0.5) is 0 Å². The molecular formula is C11H12BrNO2. The zero-order valence-corrected chi connectivity index (χ0v) is 10.0. The highest BCUT2D eigenvalue weighted by atomic mass is 79.9. The van der Waals surface area contributed by atoms with Gasteiger partial charge in [-0.25, -0.2) is 0 Å². The first-order valence-electron chi connectivity index (χ1n) is 4.79. The average Bonchev–Trinajstić information content (AvgIpc) is 2.16. The summed E-state index contributed by atoms with van der Waals surface area (Å²) in [5.74, 6) is 0.0655. The summed E-state index contributed by atoms with van der Waals surface area (Å²) in [6, 6.07) is 7.47. The molecule has 1 aliphatic heterocycles. The van der Waals surface area contributed by atoms with Crippen molar-refractivity contribution in [3.63, 3.8) is 0 Å². The van der Waals surface area contributed by atoms with E-state index in [1.807, 2.05) is 24.3 Å². The van der Waals surface area contributed by atoms with E-state index in [2.05, 4.69) is 15.9 Å². The fourth-order valence-corrected chi connectivity index (χ4v) is 2.01. The van der Waals surface area contributed by atoms with Crippen molar-refractivity contribution in [3.8, 4) is 0 Å². The summed E-state index contributed by atoms with van der Waals surface area (Å²) in [4.78, 5) is 13.7. The Morgan fingerprint density at radius 2 is 2.13 bits per heavy atom. The number of hydrogen-bond acceptors (Lipinski definition) is 2. The van der Waals surface area contributed by atoms with E-state index in [4.69, 9.17) is 4.74 Å². The van der Waals surface area contributed by atoms with E-state index >= 15 is 0 Å². The Kier molecular flexibility index (Phi) is 3.07. The Morgan fingerprint density at radius 1 is 1.47 bits per heavy atom. The molecule has 0 aromatic heterocycles. The van der Waals surface area contributed by atoms with Gasteiger partial charge >= 0.3 is 0 Å². The molecule has 0 spiro atoms. The van der Waals surface area contributed by atoms with Crippen molar-refractivity contribution in [3.05, 3.63) is 34.3 Å². The van der Waals surface area contributed by atoms with Gasteiger partial charge in [-0.3, -0.25) is 4.79 Å². The molecule has 1 aliphatic rings. The van der Waals surface area contributed by atoms with Crippen LogP contribution in [-0.4, -0.2) is 37.1 Å². The molecule has 1 heterocycles. The van der Waals surface area contributed by atoms with Gasteiger partial charge in [-0.15, -0.1) is 0 Å². The number of ether oxygens (including phenoxy) is 1. The highest BCUT2D eigenvalue weighted by Gasteiger charge is 2.31. The second-order valence-electron chi connectivity index (χ2n) is 3.55. The van der Waals surface area contributed by atoms with Gasteiger partial charge in [-0.2, -0.15) is 0 Å². The predicted molar refractivity (Wildman–Crippen MR) is 60.8 cm³/mol. The number of benzene rings is 1. The molecule has 0 saturated carbocycles. The highest BCUT2D eigenvalue weighted by molar-refractivity contribution is 9.10. The van der Waals surface area contributed by atoms with Gasteiger partial charge in [0.1, 0.15) is 0 Å². The lowest BCUT2D eigenvalue weighted by molar-refractivity contribution is -0.0192. The summed E-state index contributed by atoms with van der Waals surface area (Å²) < 4.78 is 5.97. The van der Waals surface area contributed by atoms with Crippen LogP contribution in [0.15, 0.2) is 28.7 Å². The molecule has 1 amide bonds. The number of rotatable bonds is 2. The molecule has 1 aromatic carbocycles. The second kappa shape index (κ2) is 4.33. The molecule has 15 heavy (non-hydrogen) atoms.